The largest absolute Gasteiger partial charge is 0.398 e. The van der Waals surface area contributed by atoms with Crippen molar-refractivity contribution in [3.8, 4) is 0 Å². The van der Waals surface area contributed by atoms with Gasteiger partial charge in [-0.2, -0.15) is 0 Å². The lowest BCUT2D eigenvalue weighted by atomic mass is 10.1. The molecule has 0 aliphatic carbocycles. The van der Waals surface area contributed by atoms with E-state index in [1.165, 1.54) is 0 Å². The van der Waals surface area contributed by atoms with Crippen LogP contribution < -0.4 is 5.73 Å². The summed E-state index contributed by atoms with van der Waals surface area (Å²) < 4.78 is 0. The number of benzene rings is 2. The zero-order valence-electron chi connectivity index (χ0n) is 9.88. The van der Waals surface area contributed by atoms with Crippen LogP contribution in [0.2, 0.25) is 0 Å². The Labute approximate surface area is 102 Å². The predicted octanol–water partition coefficient (Wildman–Crippen LogP) is 3.45. The van der Waals surface area contributed by atoms with Gasteiger partial charge >= 0.3 is 0 Å². The lowest BCUT2D eigenvalue weighted by molar-refractivity contribution is 0.828. The van der Waals surface area contributed by atoms with E-state index in [1.54, 1.807) is 0 Å². The maximum atomic E-state index is 5.92. The maximum absolute atomic E-state index is 5.92. The third-order valence-corrected chi connectivity index (χ3v) is 2.69. The van der Waals surface area contributed by atoms with Crippen LogP contribution in [0, 0.1) is 0 Å². The SMILES string of the molecule is CC(N=Cc1ccccc1)c1ccccc1N. The Balaban J connectivity index is 2.15. The monoisotopic (exact) mass is 224 g/mol. The second kappa shape index (κ2) is 5.30. The van der Waals surface area contributed by atoms with Crippen LogP contribution in [0.15, 0.2) is 59.6 Å². The molecule has 86 valence electrons. The van der Waals surface area contributed by atoms with Gasteiger partial charge < -0.3 is 5.73 Å². The zero-order valence-corrected chi connectivity index (χ0v) is 9.88. The van der Waals surface area contributed by atoms with Crippen molar-refractivity contribution in [3.05, 3.63) is 65.7 Å². The Kier molecular flexibility index (Phi) is 3.55. The van der Waals surface area contributed by atoms with Gasteiger partial charge in [0, 0.05) is 11.9 Å². The summed E-state index contributed by atoms with van der Waals surface area (Å²) in [6.07, 6.45) is 1.89. The van der Waals surface area contributed by atoms with E-state index in [9.17, 15) is 0 Å². The van der Waals surface area contributed by atoms with Gasteiger partial charge in [-0.05, 0) is 24.1 Å². The third-order valence-electron chi connectivity index (χ3n) is 2.69. The molecule has 1 unspecified atom stereocenters. The van der Waals surface area contributed by atoms with E-state index in [-0.39, 0.29) is 6.04 Å². The Bertz CT molecular complexity index is 503. The highest BCUT2D eigenvalue weighted by Gasteiger charge is 2.05. The Morgan fingerprint density at radius 2 is 1.65 bits per heavy atom. The number of nitrogen functional groups attached to an aromatic ring is 1. The average Bonchev–Trinajstić information content (AvgIpc) is 2.38. The van der Waals surface area contributed by atoms with Gasteiger partial charge in [-0.25, -0.2) is 0 Å². The molecule has 0 aliphatic heterocycles. The topological polar surface area (TPSA) is 38.4 Å². The van der Waals surface area contributed by atoms with Gasteiger partial charge in [-0.15, -0.1) is 0 Å². The van der Waals surface area contributed by atoms with Crippen LogP contribution in [0.1, 0.15) is 24.1 Å². The van der Waals surface area contributed by atoms with Crippen molar-refractivity contribution >= 4 is 11.9 Å². The molecule has 2 aromatic carbocycles. The Morgan fingerprint density at radius 1 is 1.00 bits per heavy atom. The first kappa shape index (κ1) is 11.4. The molecule has 0 aliphatic rings. The quantitative estimate of drug-likeness (QED) is 0.629. The minimum absolute atomic E-state index is 0.0800. The molecular formula is C15H16N2. The molecule has 2 nitrogen and oxygen atoms in total. The van der Waals surface area contributed by atoms with Gasteiger partial charge in [-0.1, -0.05) is 48.5 Å². The Hall–Kier alpha value is -2.09. The molecule has 2 heteroatoms. The van der Waals surface area contributed by atoms with E-state index in [4.69, 9.17) is 5.73 Å². The van der Waals surface area contributed by atoms with E-state index in [0.29, 0.717) is 0 Å². The normalized spacial score (nSPS) is 12.8. The standard InChI is InChI=1S/C15H16N2/c1-12(14-9-5-6-10-15(14)16)17-11-13-7-3-2-4-8-13/h2-12H,16H2,1H3. The maximum Gasteiger partial charge on any atom is 0.0741 e. The minimum atomic E-state index is 0.0800. The fourth-order valence-corrected chi connectivity index (χ4v) is 1.71. The highest BCUT2D eigenvalue weighted by atomic mass is 14.8. The van der Waals surface area contributed by atoms with E-state index in [2.05, 4.69) is 4.99 Å². The van der Waals surface area contributed by atoms with Gasteiger partial charge in [-0.3, -0.25) is 4.99 Å². The number of aliphatic imine (C=N–C) groups is 1. The van der Waals surface area contributed by atoms with Crippen LogP contribution in [0.3, 0.4) is 0 Å². The molecule has 0 spiro atoms. The Morgan fingerprint density at radius 3 is 2.35 bits per heavy atom. The van der Waals surface area contributed by atoms with Crippen LogP contribution in [-0.2, 0) is 0 Å². The van der Waals surface area contributed by atoms with Gasteiger partial charge in [0.25, 0.3) is 0 Å². The van der Waals surface area contributed by atoms with Crippen LogP contribution >= 0.6 is 0 Å². The number of hydrogen-bond donors (Lipinski definition) is 1. The van der Waals surface area contributed by atoms with Crippen molar-refractivity contribution in [2.24, 2.45) is 4.99 Å². The first-order valence-corrected chi connectivity index (χ1v) is 5.70. The second-order valence-corrected chi connectivity index (χ2v) is 3.99. The van der Waals surface area contributed by atoms with Gasteiger partial charge in [0.05, 0.1) is 6.04 Å². The van der Waals surface area contributed by atoms with Crippen molar-refractivity contribution in [3.63, 3.8) is 0 Å². The number of rotatable bonds is 3. The molecule has 1 atom stereocenters. The van der Waals surface area contributed by atoms with Crippen molar-refractivity contribution in [1.29, 1.82) is 0 Å². The summed E-state index contributed by atoms with van der Waals surface area (Å²) in [4.78, 5) is 4.52. The lowest BCUT2D eigenvalue weighted by Crippen LogP contribution is -1.97. The van der Waals surface area contributed by atoms with Gasteiger partial charge in [0.1, 0.15) is 0 Å². The molecule has 2 N–H and O–H groups in total. The minimum Gasteiger partial charge on any atom is -0.398 e. The summed E-state index contributed by atoms with van der Waals surface area (Å²) in [6.45, 7) is 2.05. The molecule has 0 fully saturated rings. The first-order chi connectivity index (χ1) is 8.27. The molecule has 0 amide bonds. The highest BCUT2D eigenvalue weighted by Crippen LogP contribution is 2.22. The molecule has 0 bridgehead atoms. The van der Waals surface area contributed by atoms with Crippen LogP contribution in [0.4, 0.5) is 5.69 Å². The molecule has 2 rings (SSSR count). The molecule has 0 heterocycles. The number of anilines is 1. The number of hydrogen-bond acceptors (Lipinski definition) is 2. The van der Waals surface area contributed by atoms with Crippen molar-refractivity contribution in [2.45, 2.75) is 13.0 Å². The summed E-state index contributed by atoms with van der Waals surface area (Å²) in [5, 5.41) is 0. The first-order valence-electron chi connectivity index (χ1n) is 5.70. The van der Waals surface area contributed by atoms with Gasteiger partial charge in [0.15, 0.2) is 0 Å². The number of nitrogens with two attached hydrogens (primary N) is 1. The molecule has 0 saturated heterocycles. The van der Waals surface area contributed by atoms with Crippen molar-refractivity contribution in [2.75, 3.05) is 5.73 Å². The van der Waals surface area contributed by atoms with Crippen LogP contribution in [0.25, 0.3) is 0 Å². The fourth-order valence-electron chi connectivity index (χ4n) is 1.71. The average molecular weight is 224 g/mol. The molecule has 0 saturated carbocycles. The van der Waals surface area contributed by atoms with Crippen LogP contribution in [0.5, 0.6) is 0 Å². The van der Waals surface area contributed by atoms with Crippen molar-refractivity contribution in [1.82, 2.24) is 0 Å². The summed E-state index contributed by atoms with van der Waals surface area (Å²) in [7, 11) is 0. The summed E-state index contributed by atoms with van der Waals surface area (Å²) in [5.41, 5.74) is 8.89. The molecule has 2 aromatic rings. The summed E-state index contributed by atoms with van der Waals surface area (Å²) >= 11 is 0. The molecule has 0 aromatic heterocycles. The zero-order chi connectivity index (χ0) is 12.1. The molecule has 0 radical (unpaired) electrons. The van der Waals surface area contributed by atoms with E-state index < -0.39 is 0 Å². The van der Waals surface area contributed by atoms with Crippen molar-refractivity contribution < 1.29 is 0 Å². The smallest absolute Gasteiger partial charge is 0.0741 e. The van der Waals surface area contributed by atoms with Crippen LogP contribution in [-0.4, -0.2) is 6.21 Å². The number of nitrogens with zero attached hydrogens (tertiary/aromatic N) is 1. The number of para-hydroxylation sites is 1. The summed E-state index contributed by atoms with van der Waals surface area (Å²) in [5.74, 6) is 0. The van der Waals surface area contributed by atoms with Gasteiger partial charge in [0.2, 0.25) is 0 Å². The summed E-state index contributed by atoms with van der Waals surface area (Å²) in [6, 6.07) is 18.0. The fraction of sp³-hybridized carbons (Fsp3) is 0.133. The molecule has 17 heavy (non-hydrogen) atoms. The van der Waals surface area contributed by atoms with E-state index >= 15 is 0 Å². The predicted molar refractivity (Wildman–Crippen MR) is 73.3 cm³/mol. The third kappa shape index (κ3) is 2.94. The second-order valence-electron chi connectivity index (χ2n) is 3.99. The lowest BCUT2D eigenvalue weighted by Gasteiger charge is -2.09. The van der Waals surface area contributed by atoms with E-state index in [1.807, 2.05) is 67.7 Å². The highest BCUT2D eigenvalue weighted by molar-refractivity contribution is 5.79. The molecular weight excluding hydrogens is 208 g/mol. The van der Waals surface area contributed by atoms with E-state index in [0.717, 1.165) is 16.8 Å².